The molecule has 2 heterocycles. The minimum Gasteiger partial charge on any atom is -0.336 e. The van der Waals surface area contributed by atoms with E-state index < -0.39 is 0 Å². The second-order valence-corrected chi connectivity index (χ2v) is 6.60. The van der Waals surface area contributed by atoms with E-state index in [-0.39, 0.29) is 11.9 Å². The Kier molecular flexibility index (Phi) is 4.78. The highest BCUT2D eigenvalue weighted by atomic mass is 32.2. The molecule has 1 aliphatic heterocycles. The third-order valence-corrected chi connectivity index (χ3v) is 5.07. The quantitative estimate of drug-likeness (QED) is 0.847. The molecule has 0 radical (unpaired) electrons. The number of hydrogen-bond donors (Lipinski definition) is 0. The maximum atomic E-state index is 12.0. The first kappa shape index (κ1) is 15.1. The topological polar surface area (TPSA) is 33.2 Å². The second kappa shape index (κ2) is 6.97. The van der Waals surface area contributed by atoms with Crippen LogP contribution in [0.3, 0.4) is 0 Å². The SMILES string of the molecule is CC(=O)N1CCCC[C@H]1c1cccnc1Sc1ccccc1. The van der Waals surface area contributed by atoms with Crippen LogP contribution in [0.2, 0.25) is 0 Å². The smallest absolute Gasteiger partial charge is 0.219 e. The molecule has 0 saturated carbocycles. The van der Waals surface area contributed by atoms with E-state index in [1.165, 1.54) is 16.9 Å². The fourth-order valence-corrected chi connectivity index (χ4v) is 3.93. The summed E-state index contributed by atoms with van der Waals surface area (Å²) in [4.78, 5) is 19.7. The van der Waals surface area contributed by atoms with Gasteiger partial charge in [-0.3, -0.25) is 4.79 Å². The molecule has 22 heavy (non-hydrogen) atoms. The summed E-state index contributed by atoms with van der Waals surface area (Å²) in [5.41, 5.74) is 1.17. The standard InChI is InChI=1S/C18H20N2OS/c1-14(21)20-13-6-5-11-17(20)16-10-7-12-19-18(16)22-15-8-3-2-4-9-15/h2-4,7-10,12,17H,5-6,11,13H2,1H3/t17-/m0/s1. The molecule has 114 valence electrons. The summed E-state index contributed by atoms with van der Waals surface area (Å²) in [7, 11) is 0. The van der Waals surface area contributed by atoms with Gasteiger partial charge in [0.1, 0.15) is 5.03 Å². The molecular weight excluding hydrogens is 292 g/mol. The van der Waals surface area contributed by atoms with Gasteiger partial charge >= 0.3 is 0 Å². The van der Waals surface area contributed by atoms with Crippen LogP contribution in [0, 0.1) is 0 Å². The van der Waals surface area contributed by atoms with Crippen molar-refractivity contribution in [3.05, 3.63) is 54.2 Å². The van der Waals surface area contributed by atoms with Crippen LogP contribution in [0.4, 0.5) is 0 Å². The number of carbonyl (C=O) groups excluding carboxylic acids is 1. The zero-order chi connectivity index (χ0) is 15.4. The summed E-state index contributed by atoms with van der Waals surface area (Å²) in [6.45, 7) is 2.52. The number of pyridine rings is 1. The molecular formula is C18H20N2OS. The van der Waals surface area contributed by atoms with Gasteiger partial charge in [0.05, 0.1) is 6.04 Å². The predicted octanol–water partition coefficient (Wildman–Crippen LogP) is 4.31. The van der Waals surface area contributed by atoms with Crippen LogP contribution < -0.4 is 0 Å². The maximum absolute atomic E-state index is 12.0. The highest BCUT2D eigenvalue weighted by Gasteiger charge is 2.28. The van der Waals surface area contributed by atoms with Gasteiger partial charge in [0.15, 0.2) is 0 Å². The van der Waals surface area contributed by atoms with Crippen LogP contribution in [-0.4, -0.2) is 22.3 Å². The molecule has 1 atom stereocenters. The van der Waals surface area contributed by atoms with Crippen molar-refractivity contribution >= 4 is 17.7 Å². The van der Waals surface area contributed by atoms with Gasteiger partial charge in [-0.15, -0.1) is 0 Å². The summed E-state index contributed by atoms with van der Waals surface area (Å²) < 4.78 is 0. The summed E-state index contributed by atoms with van der Waals surface area (Å²) in [5.74, 6) is 0.157. The summed E-state index contributed by atoms with van der Waals surface area (Å²) in [6.07, 6.45) is 5.11. The summed E-state index contributed by atoms with van der Waals surface area (Å²) in [6, 6.07) is 14.5. The van der Waals surface area contributed by atoms with E-state index in [4.69, 9.17) is 0 Å². The van der Waals surface area contributed by atoms with E-state index in [2.05, 4.69) is 23.2 Å². The van der Waals surface area contributed by atoms with Crippen LogP contribution in [0.15, 0.2) is 58.6 Å². The number of benzene rings is 1. The number of hydrogen-bond acceptors (Lipinski definition) is 3. The van der Waals surface area contributed by atoms with Gasteiger partial charge in [-0.05, 0) is 37.5 Å². The fourth-order valence-electron chi connectivity index (χ4n) is 2.97. The van der Waals surface area contributed by atoms with E-state index in [9.17, 15) is 4.79 Å². The molecule has 1 aromatic carbocycles. The Labute approximate surface area is 135 Å². The summed E-state index contributed by atoms with van der Waals surface area (Å²) in [5, 5.41) is 1.01. The molecule has 0 aliphatic carbocycles. The lowest BCUT2D eigenvalue weighted by Gasteiger charge is -2.36. The third kappa shape index (κ3) is 3.33. The Hall–Kier alpha value is -1.81. The average Bonchev–Trinajstić information content (AvgIpc) is 2.56. The van der Waals surface area contributed by atoms with Crippen molar-refractivity contribution in [1.82, 2.24) is 9.88 Å². The van der Waals surface area contributed by atoms with E-state index in [0.717, 1.165) is 24.4 Å². The lowest BCUT2D eigenvalue weighted by molar-refractivity contribution is -0.132. The largest absolute Gasteiger partial charge is 0.336 e. The van der Waals surface area contributed by atoms with Crippen LogP contribution in [0.5, 0.6) is 0 Å². The molecule has 4 heteroatoms. The van der Waals surface area contributed by atoms with Crippen molar-refractivity contribution in [3.8, 4) is 0 Å². The second-order valence-electron chi connectivity index (χ2n) is 5.54. The molecule has 0 N–H and O–H groups in total. The van der Waals surface area contributed by atoms with Crippen LogP contribution >= 0.6 is 11.8 Å². The maximum Gasteiger partial charge on any atom is 0.219 e. The highest BCUT2D eigenvalue weighted by molar-refractivity contribution is 7.99. The van der Waals surface area contributed by atoms with Gasteiger partial charge in [0.25, 0.3) is 0 Å². The van der Waals surface area contributed by atoms with E-state index in [0.29, 0.717) is 0 Å². The average molecular weight is 312 g/mol. The number of amides is 1. The molecule has 2 aromatic rings. The van der Waals surface area contributed by atoms with Gasteiger partial charge in [0.2, 0.25) is 5.91 Å². The number of piperidine rings is 1. The van der Waals surface area contributed by atoms with Gasteiger partial charge in [-0.1, -0.05) is 36.0 Å². The van der Waals surface area contributed by atoms with E-state index in [1.54, 1.807) is 18.7 Å². The Morgan fingerprint density at radius 1 is 1.18 bits per heavy atom. The van der Waals surface area contributed by atoms with Crippen LogP contribution in [0.25, 0.3) is 0 Å². The lowest BCUT2D eigenvalue weighted by Crippen LogP contribution is -2.37. The molecule has 1 fully saturated rings. The lowest BCUT2D eigenvalue weighted by atomic mass is 9.96. The van der Waals surface area contributed by atoms with E-state index >= 15 is 0 Å². The molecule has 1 amide bonds. The molecule has 1 aliphatic rings. The van der Waals surface area contributed by atoms with Crippen LogP contribution in [0.1, 0.15) is 37.8 Å². The Morgan fingerprint density at radius 2 is 2.00 bits per heavy atom. The van der Waals surface area contributed by atoms with Crippen molar-refractivity contribution < 1.29 is 4.79 Å². The normalized spacial score (nSPS) is 18.2. The minimum atomic E-state index is 0.157. The van der Waals surface area contributed by atoms with Crippen molar-refractivity contribution in [2.75, 3.05) is 6.54 Å². The molecule has 0 spiro atoms. The number of nitrogens with zero attached hydrogens (tertiary/aromatic N) is 2. The molecule has 1 saturated heterocycles. The zero-order valence-corrected chi connectivity index (χ0v) is 13.6. The van der Waals surface area contributed by atoms with Crippen molar-refractivity contribution in [2.45, 2.75) is 42.1 Å². The number of rotatable bonds is 3. The first-order valence-corrected chi connectivity index (χ1v) is 8.52. The summed E-state index contributed by atoms with van der Waals surface area (Å²) >= 11 is 1.67. The fraction of sp³-hybridized carbons (Fsp3) is 0.333. The Bertz CT molecular complexity index is 645. The van der Waals surface area contributed by atoms with Gasteiger partial charge in [-0.25, -0.2) is 4.98 Å². The number of aromatic nitrogens is 1. The Morgan fingerprint density at radius 3 is 2.77 bits per heavy atom. The van der Waals surface area contributed by atoms with Crippen molar-refractivity contribution in [2.24, 2.45) is 0 Å². The molecule has 1 aromatic heterocycles. The van der Waals surface area contributed by atoms with Gasteiger partial charge in [0, 0.05) is 30.1 Å². The molecule has 3 nitrogen and oxygen atoms in total. The monoisotopic (exact) mass is 312 g/mol. The van der Waals surface area contributed by atoms with Gasteiger partial charge < -0.3 is 4.90 Å². The molecule has 0 unspecified atom stereocenters. The molecule has 3 rings (SSSR count). The van der Waals surface area contributed by atoms with Crippen molar-refractivity contribution in [3.63, 3.8) is 0 Å². The van der Waals surface area contributed by atoms with E-state index in [1.807, 2.05) is 35.4 Å². The van der Waals surface area contributed by atoms with Crippen LogP contribution in [-0.2, 0) is 4.79 Å². The van der Waals surface area contributed by atoms with Gasteiger partial charge in [-0.2, -0.15) is 0 Å². The first-order chi connectivity index (χ1) is 10.8. The third-order valence-electron chi connectivity index (χ3n) is 4.02. The molecule has 0 bridgehead atoms. The minimum absolute atomic E-state index is 0.157. The zero-order valence-electron chi connectivity index (χ0n) is 12.7. The number of likely N-dealkylation sites (tertiary alicyclic amines) is 1. The number of carbonyl (C=O) groups is 1. The Balaban J connectivity index is 1.91. The predicted molar refractivity (Wildman–Crippen MR) is 88.8 cm³/mol. The highest BCUT2D eigenvalue weighted by Crippen LogP contribution is 2.37. The first-order valence-electron chi connectivity index (χ1n) is 7.71. The van der Waals surface area contributed by atoms with Crippen molar-refractivity contribution in [1.29, 1.82) is 0 Å².